The van der Waals surface area contributed by atoms with E-state index < -0.39 is 10.9 Å². The van der Waals surface area contributed by atoms with Gasteiger partial charge >= 0.3 is 0 Å². The van der Waals surface area contributed by atoms with Crippen LogP contribution in [0, 0.1) is 0 Å². The Labute approximate surface area is 73.7 Å². The highest BCUT2D eigenvalue weighted by atomic mass is 35.5. The third-order valence-electron chi connectivity index (χ3n) is 2.04. The van der Waals surface area contributed by atoms with Crippen molar-refractivity contribution in [3.8, 4) is 0 Å². The van der Waals surface area contributed by atoms with Gasteiger partial charge in [0.15, 0.2) is 0 Å². The van der Waals surface area contributed by atoms with Crippen LogP contribution in [0.3, 0.4) is 0 Å². The molecular weight excluding hydrogens is 180 g/mol. The molecule has 1 heterocycles. The summed E-state index contributed by atoms with van der Waals surface area (Å²) in [5.74, 6) is 0. The Balaban J connectivity index is 2.25. The quantitative estimate of drug-likeness (QED) is 0.499. The van der Waals surface area contributed by atoms with E-state index in [4.69, 9.17) is 11.6 Å². The fraction of sp³-hybridized carbons (Fsp3) is 0.667. The van der Waals surface area contributed by atoms with Gasteiger partial charge in [-0.15, -0.1) is 16.7 Å². The summed E-state index contributed by atoms with van der Waals surface area (Å²) in [6.45, 7) is 0. The van der Waals surface area contributed by atoms with Gasteiger partial charge in [0.1, 0.15) is 18.7 Å². The van der Waals surface area contributed by atoms with Gasteiger partial charge in [0, 0.05) is 0 Å². The molecule has 1 aliphatic carbocycles. The van der Waals surface area contributed by atoms with Gasteiger partial charge in [0.2, 0.25) is 0 Å². The molecule has 0 unspecified atom stereocenters. The third-order valence-corrected chi connectivity index (χ3v) is 2.64. The molecule has 0 aromatic carbocycles. The molecule has 1 atom stereocenters. The van der Waals surface area contributed by atoms with Crippen LogP contribution in [0.1, 0.15) is 18.9 Å². The number of aromatic nitrogens is 4. The van der Waals surface area contributed by atoms with Crippen molar-refractivity contribution in [2.24, 2.45) is 0 Å². The number of tetrazole rings is 1. The number of hydrogen-bond acceptors (Lipinski definition) is 4. The molecular formula is C6H7ClN4O. The van der Waals surface area contributed by atoms with E-state index in [9.17, 15) is 4.79 Å². The maximum Gasteiger partial charge on any atom is 0.146 e. The normalized spacial score (nSPS) is 21.8. The van der Waals surface area contributed by atoms with Gasteiger partial charge in [-0.05, 0) is 23.3 Å². The first-order valence-electron chi connectivity index (χ1n) is 3.63. The topological polar surface area (TPSA) is 60.7 Å². The van der Waals surface area contributed by atoms with Gasteiger partial charge in [-0.1, -0.05) is 0 Å². The van der Waals surface area contributed by atoms with E-state index in [0.717, 1.165) is 19.1 Å². The zero-order valence-corrected chi connectivity index (χ0v) is 6.98. The van der Waals surface area contributed by atoms with Gasteiger partial charge in [-0.3, -0.25) is 0 Å². The van der Waals surface area contributed by atoms with Crippen LogP contribution < -0.4 is 0 Å². The summed E-state index contributed by atoms with van der Waals surface area (Å²) < 4.78 is 1.40. The average molecular weight is 187 g/mol. The molecule has 1 fully saturated rings. The van der Waals surface area contributed by atoms with E-state index in [2.05, 4.69) is 15.5 Å². The Kier molecular flexibility index (Phi) is 1.61. The second-order valence-corrected chi connectivity index (χ2v) is 3.66. The smallest absolute Gasteiger partial charge is 0.146 e. The average Bonchev–Trinajstić information content (AvgIpc) is 2.63. The van der Waals surface area contributed by atoms with Crippen LogP contribution >= 0.6 is 11.6 Å². The minimum absolute atomic E-state index is 0.422. The molecule has 1 saturated carbocycles. The highest BCUT2D eigenvalue weighted by molar-refractivity contribution is 6.27. The fourth-order valence-electron chi connectivity index (χ4n) is 1.13. The molecule has 2 rings (SSSR count). The van der Waals surface area contributed by atoms with Crippen molar-refractivity contribution in [1.29, 1.82) is 0 Å². The van der Waals surface area contributed by atoms with Crippen LogP contribution in [0.15, 0.2) is 6.33 Å². The van der Waals surface area contributed by atoms with Crippen LogP contribution in [0.25, 0.3) is 0 Å². The molecule has 0 aliphatic heterocycles. The molecule has 64 valence electrons. The van der Waals surface area contributed by atoms with Crippen molar-refractivity contribution in [1.82, 2.24) is 20.2 Å². The lowest BCUT2D eigenvalue weighted by atomic mass is 10.2. The van der Waals surface area contributed by atoms with Crippen LogP contribution in [-0.4, -0.2) is 31.4 Å². The van der Waals surface area contributed by atoms with Crippen LogP contribution in [0.4, 0.5) is 0 Å². The van der Waals surface area contributed by atoms with Crippen LogP contribution in [0.2, 0.25) is 0 Å². The van der Waals surface area contributed by atoms with Crippen molar-refractivity contribution < 1.29 is 4.79 Å². The van der Waals surface area contributed by atoms with Crippen LogP contribution in [0.5, 0.6) is 0 Å². The van der Waals surface area contributed by atoms with Crippen molar-refractivity contribution in [3.63, 3.8) is 0 Å². The molecule has 0 radical (unpaired) electrons. The second-order valence-electron chi connectivity index (χ2n) is 2.91. The van der Waals surface area contributed by atoms with Gasteiger partial charge in [0.05, 0.1) is 4.87 Å². The number of rotatable bonds is 3. The Morgan fingerprint density at radius 1 is 1.67 bits per heavy atom. The van der Waals surface area contributed by atoms with E-state index in [0.29, 0.717) is 0 Å². The number of nitrogens with zero attached hydrogens (tertiary/aromatic N) is 4. The predicted molar refractivity (Wildman–Crippen MR) is 40.7 cm³/mol. The highest BCUT2D eigenvalue weighted by Crippen LogP contribution is 2.49. The van der Waals surface area contributed by atoms with E-state index in [-0.39, 0.29) is 0 Å². The van der Waals surface area contributed by atoms with E-state index >= 15 is 0 Å². The molecule has 0 bridgehead atoms. The van der Waals surface area contributed by atoms with Crippen LogP contribution in [-0.2, 0) is 4.79 Å². The van der Waals surface area contributed by atoms with Crippen molar-refractivity contribution in [2.45, 2.75) is 23.8 Å². The first-order valence-corrected chi connectivity index (χ1v) is 4.01. The van der Waals surface area contributed by atoms with Gasteiger partial charge in [-0.25, -0.2) is 4.68 Å². The van der Waals surface area contributed by atoms with E-state index in [1.54, 1.807) is 0 Å². The number of carbonyl (C=O) groups is 1. The predicted octanol–water partition coefficient (Wildman–Crippen LogP) is 0.184. The third kappa shape index (κ3) is 1.10. The number of alkyl halides is 1. The second kappa shape index (κ2) is 2.52. The molecule has 1 aliphatic rings. The summed E-state index contributed by atoms with van der Waals surface area (Å²) in [6.07, 6.45) is 3.88. The zero-order chi connectivity index (χ0) is 8.60. The number of halogens is 1. The maximum absolute atomic E-state index is 10.7. The molecule has 0 spiro atoms. The lowest BCUT2D eigenvalue weighted by Crippen LogP contribution is -2.23. The minimum atomic E-state index is -0.433. The Morgan fingerprint density at radius 2 is 2.42 bits per heavy atom. The Hall–Kier alpha value is -0.970. The lowest BCUT2D eigenvalue weighted by molar-refractivity contribution is -0.111. The monoisotopic (exact) mass is 186 g/mol. The lowest BCUT2D eigenvalue weighted by Gasteiger charge is -2.13. The SMILES string of the molecule is O=C[C@H](n1cnnn1)C1(Cl)CC1. The number of aldehydes is 1. The first kappa shape index (κ1) is 7.67. The summed E-state index contributed by atoms with van der Waals surface area (Å²) in [6, 6.07) is -0.422. The summed E-state index contributed by atoms with van der Waals surface area (Å²) >= 11 is 6.05. The van der Waals surface area contributed by atoms with E-state index in [1.807, 2.05) is 0 Å². The summed E-state index contributed by atoms with van der Waals surface area (Å²) in [7, 11) is 0. The molecule has 1 aromatic heterocycles. The standard InChI is InChI=1S/C6H7ClN4O/c7-6(1-2-6)5(3-12)11-4-8-9-10-11/h3-5H,1-2H2/t5-/m0/s1. The largest absolute Gasteiger partial charge is 0.301 e. The Morgan fingerprint density at radius 3 is 2.83 bits per heavy atom. The molecule has 0 saturated heterocycles. The Bertz CT molecular complexity index is 282. The molecule has 0 amide bonds. The molecule has 0 N–H and O–H groups in total. The minimum Gasteiger partial charge on any atom is -0.301 e. The molecule has 5 nitrogen and oxygen atoms in total. The maximum atomic E-state index is 10.7. The van der Waals surface area contributed by atoms with Gasteiger partial charge in [0.25, 0.3) is 0 Å². The van der Waals surface area contributed by atoms with Crippen molar-refractivity contribution in [2.75, 3.05) is 0 Å². The van der Waals surface area contributed by atoms with Gasteiger partial charge in [-0.2, -0.15) is 0 Å². The summed E-state index contributed by atoms with van der Waals surface area (Å²) in [5, 5.41) is 10.5. The molecule has 1 aromatic rings. The van der Waals surface area contributed by atoms with Gasteiger partial charge < -0.3 is 4.79 Å². The first-order chi connectivity index (χ1) is 5.76. The van der Waals surface area contributed by atoms with E-state index in [1.165, 1.54) is 11.0 Å². The molecule has 12 heavy (non-hydrogen) atoms. The highest BCUT2D eigenvalue weighted by Gasteiger charge is 2.49. The molecule has 6 heteroatoms. The summed E-state index contributed by atoms with van der Waals surface area (Å²) in [5.41, 5.74) is 0. The zero-order valence-electron chi connectivity index (χ0n) is 6.22. The van der Waals surface area contributed by atoms with Crippen molar-refractivity contribution in [3.05, 3.63) is 6.33 Å². The number of carbonyl (C=O) groups excluding carboxylic acids is 1. The number of hydrogen-bond donors (Lipinski definition) is 0. The summed E-state index contributed by atoms with van der Waals surface area (Å²) in [4.78, 5) is 10.3. The van der Waals surface area contributed by atoms with Crippen molar-refractivity contribution >= 4 is 17.9 Å². The fourth-order valence-corrected chi connectivity index (χ4v) is 1.38.